The Balaban J connectivity index is 1.38. The number of ether oxygens (including phenoxy) is 1. The Bertz CT molecular complexity index is 1420. The molecule has 1 aromatic heterocycles. The monoisotopic (exact) mass is 486 g/mol. The van der Waals surface area contributed by atoms with Crippen molar-refractivity contribution >= 4 is 23.9 Å². The first-order valence-electron chi connectivity index (χ1n) is 11.2. The molecular weight excluding hydrogens is 464 g/mol. The molecule has 1 saturated heterocycles. The Hall–Kier alpha value is -4.85. The van der Waals surface area contributed by atoms with E-state index in [0.29, 0.717) is 47.4 Å². The summed E-state index contributed by atoms with van der Waals surface area (Å²) in [6.45, 7) is 2.76. The number of fused-ring (bicyclic) bond motifs is 1. The number of anilines is 1. The van der Waals surface area contributed by atoms with Gasteiger partial charge in [0.15, 0.2) is 0 Å². The Morgan fingerprint density at radius 1 is 1.17 bits per heavy atom. The van der Waals surface area contributed by atoms with Gasteiger partial charge in [0.1, 0.15) is 5.75 Å². The van der Waals surface area contributed by atoms with Crippen molar-refractivity contribution in [2.75, 3.05) is 25.5 Å². The largest absolute Gasteiger partial charge is 0.497 e. The first-order valence-corrected chi connectivity index (χ1v) is 11.2. The fraction of sp³-hybridized carbons (Fsp3) is 0.240. The fourth-order valence-corrected chi connectivity index (χ4v) is 4.05. The van der Waals surface area contributed by atoms with Crippen molar-refractivity contribution in [2.24, 2.45) is 0 Å². The molecule has 0 aliphatic carbocycles. The first kappa shape index (κ1) is 22.9. The number of imide groups is 1. The lowest BCUT2D eigenvalue weighted by Gasteiger charge is -2.26. The molecule has 0 unspecified atom stereocenters. The molecule has 0 bridgehead atoms. The van der Waals surface area contributed by atoms with Crippen molar-refractivity contribution in [1.29, 1.82) is 0 Å². The number of methoxy groups -OCH3 is 1. The van der Waals surface area contributed by atoms with Gasteiger partial charge >= 0.3 is 12.0 Å². The van der Waals surface area contributed by atoms with Gasteiger partial charge in [-0.25, -0.2) is 4.79 Å². The Kier molecular flexibility index (Phi) is 5.77. The van der Waals surface area contributed by atoms with E-state index >= 15 is 0 Å². The molecule has 182 valence electrons. The van der Waals surface area contributed by atoms with Crippen LogP contribution in [0.5, 0.6) is 5.75 Å². The molecule has 11 heteroatoms. The van der Waals surface area contributed by atoms with Crippen LogP contribution in [0.25, 0.3) is 11.5 Å². The van der Waals surface area contributed by atoms with Crippen molar-refractivity contribution in [3.63, 3.8) is 0 Å². The van der Waals surface area contributed by atoms with Gasteiger partial charge < -0.3 is 24.7 Å². The van der Waals surface area contributed by atoms with E-state index in [1.54, 1.807) is 36.4 Å². The number of carbonyl (C=O) groups is 3. The van der Waals surface area contributed by atoms with E-state index in [1.165, 1.54) is 12.0 Å². The minimum Gasteiger partial charge on any atom is -0.497 e. The van der Waals surface area contributed by atoms with Gasteiger partial charge in [0.2, 0.25) is 11.4 Å². The highest BCUT2D eigenvalue weighted by Gasteiger charge is 2.48. The van der Waals surface area contributed by atoms with Crippen LogP contribution >= 0.6 is 0 Å². The molecule has 3 aromatic rings. The molecule has 2 aliphatic rings. The van der Waals surface area contributed by atoms with Crippen molar-refractivity contribution in [1.82, 2.24) is 25.7 Å². The van der Waals surface area contributed by atoms with Crippen LogP contribution < -0.4 is 20.7 Å². The van der Waals surface area contributed by atoms with E-state index in [4.69, 9.17) is 9.15 Å². The maximum atomic E-state index is 13.0. The van der Waals surface area contributed by atoms with Crippen molar-refractivity contribution in [3.8, 4) is 29.0 Å². The minimum atomic E-state index is -1.59. The molecule has 0 radical (unpaired) electrons. The van der Waals surface area contributed by atoms with E-state index in [0.717, 1.165) is 5.56 Å². The maximum Gasteiger partial charge on any atom is 0.323 e. The molecule has 0 spiro atoms. The van der Waals surface area contributed by atoms with Crippen LogP contribution in [0.4, 0.5) is 10.8 Å². The van der Waals surface area contributed by atoms with Crippen molar-refractivity contribution < 1.29 is 23.5 Å². The Labute approximate surface area is 206 Å². The zero-order chi connectivity index (χ0) is 25.3. The number of hydrogen-bond acceptors (Lipinski definition) is 8. The summed E-state index contributed by atoms with van der Waals surface area (Å²) in [6, 6.07) is 11.9. The summed E-state index contributed by atoms with van der Waals surface area (Å²) in [4.78, 5) is 39.3. The van der Waals surface area contributed by atoms with Gasteiger partial charge in [-0.3, -0.25) is 14.9 Å². The predicted octanol–water partition coefficient (Wildman–Crippen LogP) is 1.76. The van der Waals surface area contributed by atoms with Crippen LogP contribution in [0.15, 0.2) is 46.9 Å². The third kappa shape index (κ3) is 4.20. The maximum absolute atomic E-state index is 13.0. The number of nitrogens with one attached hydrogen (secondary N) is 3. The van der Waals surface area contributed by atoms with Crippen molar-refractivity contribution in [2.45, 2.75) is 19.0 Å². The van der Waals surface area contributed by atoms with Gasteiger partial charge in [0, 0.05) is 29.8 Å². The van der Waals surface area contributed by atoms with Gasteiger partial charge in [-0.2, -0.15) is 0 Å². The van der Waals surface area contributed by atoms with Crippen molar-refractivity contribution in [3.05, 3.63) is 59.2 Å². The second-order valence-electron chi connectivity index (χ2n) is 8.27. The molecule has 5 rings (SSSR count). The van der Waals surface area contributed by atoms with Gasteiger partial charge in [0.05, 0.1) is 13.7 Å². The molecular formula is C25H22N6O5. The second kappa shape index (κ2) is 9.07. The molecule has 1 atom stereocenters. The molecule has 36 heavy (non-hydrogen) atoms. The smallest absolute Gasteiger partial charge is 0.323 e. The standard InChI is InChI=1S/C25H22N6O5/c1-3-26-24-30-29-20(36-24)16-6-4-15(5-7-16)10-11-25(22(33)27-23(34)28-25)14-31-13-17-8-9-18(35-2)12-19(17)21(31)32/h4-9,12H,3,13-14H2,1-2H3,(H,26,30)(H2,27,28,33,34)/t25-/m1/s1. The number of amides is 4. The lowest BCUT2D eigenvalue weighted by atomic mass is 9.99. The molecule has 3 heterocycles. The summed E-state index contributed by atoms with van der Waals surface area (Å²) in [5.41, 5.74) is 1.01. The molecule has 1 fully saturated rings. The zero-order valence-corrected chi connectivity index (χ0v) is 19.5. The van der Waals surface area contributed by atoms with Gasteiger partial charge in [-0.1, -0.05) is 23.0 Å². The minimum absolute atomic E-state index is 0.110. The fourth-order valence-electron chi connectivity index (χ4n) is 4.05. The number of rotatable bonds is 6. The molecule has 0 saturated carbocycles. The van der Waals surface area contributed by atoms with Crippen LogP contribution in [0.2, 0.25) is 0 Å². The lowest BCUT2D eigenvalue weighted by molar-refractivity contribution is -0.122. The number of urea groups is 1. The first-order chi connectivity index (χ1) is 17.4. The summed E-state index contributed by atoms with van der Waals surface area (Å²) in [5, 5.41) is 15.7. The third-order valence-electron chi connectivity index (χ3n) is 5.87. The summed E-state index contributed by atoms with van der Waals surface area (Å²) >= 11 is 0. The number of hydrogen-bond donors (Lipinski definition) is 3. The number of carbonyl (C=O) groups excluding carboxylic acids is 3. The Morgan fingerprint density at radius 2 is 1.97 bits per heavy atom. The SMILES string of the molecule is CCNc1nnc(-c2ccc(C#C[C@]3(CN4Cc5ccc(OC)cc5C4=O)NC(=O)NC3=O)cc2)o1. The molecule has 11 nitrogen and oxygen atoms in total. The second-order valence-corrected chi connectivity index (χ2v) is 8.27. The van der Waals surface area contributed by atoms with Gasteiger partial charge in [-0.05, 0) is 48.9 Å². The van der Waals surface area contributed by atoms with Gasteiger partial charge in [0.25, 0.3) is 11.8 Å². The quantitative estimate of drug-likeness (QED) is 0.354. The van der Waals surface area contributed by atoms with Crippen LogP contribution in [-0.4, -0.2) is 58.7 Å². The summed E-state index contributed by atoms with van der Waals surface area (Å²) in [7, 11) is 1.53. The van der Waals surface area contributed by atoms with E-state index in [9.17, 15) is 14.4 Å². The van der Waals surface area contributed by atoms with E-state index in [-0.39, 0.29) is 12.5 Å². The molecule has 2 aromatic carbocycles. The highest BCUT2D eigenvalue weighted by atomic mass is 16.5. The summed E-state index contributed by atoms with van der Waals surface area (Å²) in [6.07, 6.45) is 0. The van der Waals surface area contributed by atoms with Crippen LogP contribution in [0, 0.1) is 11.8 Å². The summed E-state index contributed by atoms with van der Waals surface area (Å²) < 4.78 is 10.8. The number of benzene rings is 2. The van der Waals surface area contributed by atoms with Crippen LogP contribution in [0.1, 0.15) is 28.4 Å². The Morgan fingerprint density at radius 3 is 2.67 bits per heavy atom. The zero-order valence-electron chi connectivity index (χ0n) is 19.5. The summed E-state index contributed by atoms with van der Waals surface area (Å²) in [5.74, 6) is 5.88. The lowest BCUT2D eigenvalue weighted by Crippen LogP contribution is -2.54. The third-order valence-corrected chi connectivity index (χ3v) is 5.87. The molecule has 2 aliphatic heterocycles. The molecule has 4 amide bonds. The average molecular weight is 486 g/mol. The topological polar surface area (TPSA) is 139 Å². The van der Waals surface area contributed by atoms with Crippen LogP contribution in [0.3, 0.4) is 0 Å². The highest BCUT2D eigenvalue weighted by Crippen LogP contribution is 2.28. The van der Waals surface area contributed by atoms with Crippen LogP contribution in [-0.2, 0) is 11.3 Å². The normalized spacial score (nSPS) is 18.3. The molecule has 3 N–H and O–H groups in total. The number of nitrogens with zero attached hydrogens (tertiary/aromatic N) is 3. The van der Waals surface area contributed by atoms with Gasteiger partial charge in [-0.15, -0.1) is 5.10 Å². The highest BCUT2D eigenvalue weighted by molar-refractivity contribution is 6.10. The predicted molar refractivity (Wildman–Crippen MR) is 128 cm³/mol. The number of aromatic nitrogens is 2. The van der Waals surface area contributed by atoms with E-state index < -0.39 is 17.5 Å². The average Bonchev–Trinajstić information content (AvgIpc) is 3.55. The van der Waals surface area contributed by atoms with E-state index in [2.05, 4.69) is 38.0 Å². The van der Waals surface area contributed by atoms with E-state index in [1.807, 2.05) is 13.0 Å².